The van der Waals surface area contributed by atoms with Crippen molar-refractivity contribution in [3.8, 4) is 11.3 Å². The third-order valence-electron chi connectivity index (χ3n) is 4.31. The quantitative estimate of drug-likeness (QED) is 0.799. The van der Waals surface area contributed by atoms with Gasteiger partial charge in [0.25, 0.3) is 5.91 Å². The van der Waals surface area contributed by atoms with Gasteiger partial charge in [0, 0.05) is 18.7 Å². The number of oxazole rings is 1. The highest BCUT2D eigenvalue weighted by molar-refractivity contribution is 5.98. The molecule has 1 aliphatic heterocycles. The third kappa shape index (κ3) is 2.90. The summed E-state index contributed by atoms with van der Waals surface area (Å²) in [5.41, 5.74) is 1.15. The molecule has 1 saturated heterocycles. The summed E-state index contributed by atoms with van der Waals surface area (Å²) in [4.78, 5) is 16.5. The molecule has 2 heterocycles. The molecule has 3 aromatic rings. The van der Waals surface area contributed by atoms with Crippen molar-refractivity contribution in [3.63, 3.8) is 0 Å². The van der Waals surface area contributed by atoms with E-state index < -0.39 is 0 Å². The lowest BCUT2D eigenvalue weighted by Gasteiger charge is -2.10. The summed E-state index contributed by atoms with van der Waals surface area (Å²) in [6.07, 6.45) is 3.44. The fraction of sp³-hybridized carbons (Fsp3) is 0.263. The number of benzene rings is 2. The first-order valence-electron chi connectivity index (χ1n) is 8.14. The molecule has 0 saturated carbocycles. The van der Waals surface area contributed by atoms with Crippen LogP contribution in [-0.4, -0.2) is 30.1 Å². The Morgan fingerprint density at radius 2 is 2.08 bits per heavy atom. The van der Waals surface area contributed by atoms with Crippen molar-refractivity contribution in [1.29, 1.82) is 0 Å². The number of carbonyl (C=O) groups excluding carboxylic acids is 1. The van der Waals surface area contributed by atoms with E-state index in [1.807, 2.05) is 36.4 Å². The van der Waals surface area contributed by atoms with E-state index in [-0.39, 0.29) is 12.0 Å². The molecule has 1 N–H and O–H groups in total. The molecule has 1 aromatic heterocycles. The molecule has 1 atom stereocenters. The Hall–Kier alpha value is -2.66. The molecular weight excluding hydrogens is 304 g/mol. The molecule has 0 spiro atoms. The molecule has 0 radical (unpaired) electrons. The maximum Gasteiger partial charge on any atom is 0.274 e. The zero-order valence-electron chi connectivity index (χ0n) is 13.2. The van der Waals surface area contributed by atoms with Gasteiger partial charge >= 0.3 is 0 Å². The highest BCUT2D eigenvalue weighted by Gasteiger charge is 2.21. The first-order valence-corrected chi connectivity index (χ1v) is 8.14. The van der Waals surface area contributed by atoms with Crippen molar-refractivity contribution in [2.75, 3.05) is 13.2 Å². The van der Waals surface area contributed by atoms with Crippen LogP contribution in [0.3, 0.4) is 0 Å². The molecule has 5 heteroatoms. The zero-order valence-corrected chi connectivity index (χ0v) is 13.2. The van der Waals surface area contributed by atoms with Crippen molar-refractivity contribution >= 4 is 16.7 Å². The maximum atomic E-state index is 12.4. The standard InChI is InChI=1S/C19H18N2O3/c22-19(20-11-16-6-3-9-23-16)17-18(24-12-21-17)15-8-7-13-4-1-2-5-14(13)10-15/h1-2,4-5,7-8,10,12,16H,3,6,9,11H2,(H,20,22)/t16-/m0/s1. The lowest BCUT2D eigenvalue weighted by molar-refractivity contribution is 0.0854. The van der Waals surface area contributed by atoms with Crippen LogP contribution in [-0.2, 0) is 4.74 Å². The van der Waals surface area contributed by atoms with Crippen LogP contribution in [0.2, 0.25) is 0 Å². The van der Waals surface area contributed by atoms with E-state index in [0.717, 1.165) is 35.8 Å². The van der Waals surface area contributed by atoms with Gasteiger partial charge < -0.3 is 14.5 Å². The second kappa shape index (κ2) is 6.45. The van der Waals surface area contributed by atoms with E-state index in [0.29, 0.717) is 18.0 Å². The minimum absolute atomic E-state index is 0.102. The van der Waals surface area contributed by atoms with Crippen molar-refractivity contribution in [2.45, 2.75) is 18.9 Å². The number of ether oxygens (including phenoxy) is 1. The van der Waals surface area contributed by atoms with E-state index in [1.165, 1.54) is 6.39 Å². The number of nitrogens with zero attached hydrogens (tertiary/aromatic N) is 1. The van der Waals surface area contributed by atoms with Crippen molar-refractivity contribution < 1.29 is 13.9 Å². The summed E-state index contributed by atoms with van der Waals surface area (Å²) >= 11 is 0. The van der Waals surface area contributed by atoms with Gasteiger partial charge in [-0.3, -0.25) is 4.79 Å². The summed E-state index contributed by atoms with van der Waals surface area (Å²) in [5.74, 6) is 0.257. The fourth-order valence-corrected chi connectivity index (χ4v) is 3.04. The Kier molecular flexibility index (Phi) is 4.01. The minimum Gasteiger partial charge on any atom is -0.443 e. The molecule has 0 bridgehead atoms. The molecule has 1 aliphatic rings. The molecule has 5 nitrogen and oxygen atoms in total. The lowest BCUT2D eigenvalue weighted by atomic mass is 10.0. The first-order chi connectivity index (χ1) is 11.8. The highest BCUT2D eigenvalue weighted by Crippen LogP contribution is 2.27. The van der Waals surface area contributed by atoms with E-state index in [4.69, 9.17) is 9.15 Å². The van der Waals surface area contributed by atoms with E-state index >= 15 is 0 Å². The van der Waals surface area contributed by atoms with Gasteiger partial charge in [0.15, 0.2) is 17.8 Å². The normalized spacial score (nSPS) is 17.2. The third-order valence-corrected chi connectivity index (χ3v) is 4.31. The average molecular weight is 322 g/mol. The fourth-order valence-electron chi connectivity index (χ4n) is 3.04. The number of hydrogen-bond acceptors (Lipinski definition) is 4. The SMILES string of the molecule is O=C(NC[C@@H]1CCCO1)c1ncoc1-c1ccc2ccccc2c1. The lowest BCUT2D eigenvalue weighted by Crippen LogP contribution is -2.32. The van der Waals surface area contributed by atoms with Crippen LogP contribution in [0.1, 0.15) is 23.3 Å². The molecular formula is C19H18N2O3. The number of carbonyl (C=O) groups is 1. The maximum absolute atomic E-state index is 12.4. The van der Waals surface area contributed by atoms with Gasteiger partial charge in [-0.05, 0) is 29.7 Å². The highest BCUT2D eigenvalue weighted by atomic mass is 16.5. The molecule has 122 valence electrons. The number of aromatic nitrogens is 1. The Morgan fingerprint density at radius 1 is 1.21 bits per heavy atom. The number of fused-ring (bicyclic) bond motifs is 1. The number of hydrogen-bond donors (Lipinski definition) is 1. The van der Waals surface area contributed by atoms with Crippen molar-refractivity contribution in [2.24, 2.45) is 0 Å². The van der Waals surface area contributed by atoms with Crippen molar-refractivity contribution in [3.05, 3.63) is 54.6 Å². The van der Waals surface area contributed by atoms with Crippen LogP contribution in [0, 0.1) is 0 Å². The monoisotopic (exact) mass is 322 g/mol. The first kappa shape index (κ1) is 14.9. The Balaban J connectivity index is 1.57. The summed E-state index contributed by atoms with van der Waals surface area (Å²) < 4.78 is 11.0. The molecule has 1 amide bonds. The predicted octanol–water partition coefficient (Wildman–Crippen LogP) is 3.40. The summed E-state index contributed by atoms with van der Waals surface area (Å²) in [7, 11) is 0. The van der Waals surface area contributed by atoms with Gasteiger partial charge in [-0.25, -0.2) is 4.98 Å². The zero-order chi connectivity index (χ0) is 16.4. The number of rotatable bonds is 4. The van der Waals surface area contributed by atoms with Gasteiger partial charge in [-0.2, -0.15) is 0 Å². The van der Waals surface area contributed by atoms with E-state index in [9.17, 15) is 4.79 Å². The second-order valence-corrected chi connectivity index (χ2v) is 5.94. The van der Waals surface area contributed by atoms with Crippen LogP contribution in [0.5, 0.6) is 0 Å². The molecule has 0 unspecified atom stereocenters. The van der Waals surface area contributed by atoms with Gasteiger partial charge in [0.2, 0.25) is 0 Å². The summed E-state index contributed by atoms with van der Waals surface area (Å²) in [6.45, 7) is 1.27. The molecule has 4 rings (SSSR count). The Morgan fingerprint density at radius 3 is 2.92 bits per heavy atom. The smallest absolute Gasteiger partial charge is 0.274 e. The van der Waals surface area contributed by atoms with Crippen LogP contribution in [0.4, 0.5) is 0 Å². The van der Waals surface area contributed by atoms with Gasteiger partial charge in [-0.1, -0.05) is 36.4 Å². The largest absolute Gasteiger partial charge is 0.443 e. The van der Waals surface area contributed by atoms with Crippen LogP contribution >= 0.6 is 0 Å². The summed E-state index contributed by atoms with van der Waals surface area (Å²) in [5, 5.41) is 5.13. The number of nitrogens with one attached hydrogen (secondary N) is 1. The van der Waals surface area contributed by atoms with Crippen LogP contribution in [0.15, 0.2) is 53.3 Å². The molecule has 24 heavy (non-hydrogen) atoms. The second-order valence-electron chi connectivity index (χ2n) is 5.94. The molecule has 0 aliphatic carbocycles. The molecule has 1 fully saturated rings. The topological polar surface area (TPSA) is 64.4 Å². The van der Waals surface area contributed by atoms with Gasteiger partial charge in [-0.15, -0.1) is 0 Å². The Bertz CT molecular complexity index is 866. The van der Waals surface area contributed by atoms with Gasteiger partial charge in [0.1, 0.15) is 0 Å². The minimum atomic E-state index is -0.234. The Labute approximate surface area is 139 Å². The number of amides is 1. The average Bonchev–Trinajstić information content (AvgIpc) is 3.31. The van der Waals surface area contributed by atoms with Gasteiger partial charge in [0.05, 0.1) is 6.10 Å². The van der Waals surface area contributed by atoms with Crippen molar-refractivity contribution in [1.82, 2.24) is 10.3 Å². The predicted molar refractivity (Wildman–Crippen MR) is 90.8 cm³/mol. The summed E-state index contributed by atoms with van der Waals surface area (Å²) in [6, 6.07) is 14.0. The molecule has 2 aromatic carbocycles. The van der Waals surface area contributed by atoms with Crippen LogP contribution in [0.25, 0.3) is 22.1 Å². The van der Waals surface area contributed by atoms with Crippen LogP contribution < -0.4 is 5.32 Å². The van der Waals surface area contributed by atoms with E-state index in [1.54, 1.807) is 0 Å². The van der Waals surface area contributed by atoms with E-state index in [2.05, 4.69) is 16.4 Å².